The number of hydrogen-bond donors (Lipinski definition) is 1. The lowest BCUT2D eigenvalue weighted by Crippen LogP contribution is -2.06. The van der Waals surface area contributed by atoms with E-state index in [0.29, 0.717) is 27.1 Å². The topological polar surface area (TPSA) is 29.5 Å². The van der Waals surface area contributed by atoms with Crippen molar-refractivity contribution in [1.29, 1.82) is 0 Å². The third-order valence-corrected chi connectivity index (χ3v) is 3.87. The minimum absolute atomic E-state index is 0.305. The summed E-state index contributed by atoms with van der Waals surface area (Å²) in [6.07, 6.45) is 0.0777. The number of ether oxygens (including phenoxy) is 1. The van der Waals surface area contributed by atoms with Gasteiger partial charge in [0.05, 0.1) is 6.61 Å². The van der Waals surface area contributed by atoms with Crippen molar-refractivity contribution in [3.8, 4) is 5.75 Å². The molecule has 0 spiro atoms. The second-order valence-corrected chi connectivity index (χ2v) is 5.62. The SMILES string of the molecule is CCCOc1ccccc1C(O)c1ccc(F)cc1I. The highest BCUT2D eigenvalue weighted by molar-refractivity contribution is 14.1. The molecule has 2 nitrogen and oxygen atoms in total. The second kappa shape index (κ2) is 7.04. The molecule has 0 amide bonds. The first-order valence-electron chi connectivity index (χ1n) is 6.48. The fourth-order valence-corrected chi connectivity index (χ4v) is 2.71. The Morgan fingerprint density at radius 1 is 1.20 bits per heavy atom. The molecule has 1 unspecified atom stereocenters. The maximum atomic E-state index is 13.1. The highest BCUT2D eigenvalue weighted by Crippen LogP contribution is 2.32. The van der Waals surface area contributed by atoms with Crippen LogP contribution >= 0.6 is 22.6 Å². The molecule has 0 aromatic heterocycles. The molecule has 1 N–H and O–H groups in total. The monoisotopic (exact) mass is 386 g/mol. The molecule has 20 heavy (non-hydrogen) atoms. The molecule has 0 saturated carbocycles. The zero-order chi connectivity index (χ0) is 14.5. The predicted molar refractivity (Wildman–Crippen MR) is 85.4 cm³/mol. The first-order valence-corrected chi connectivity index (χ1v) is 7.56. The molecule has 0 fully saturated rings. The molecule has 0 aliphatic carbocycles. The van der Waals surface area contributed by atoms with Crippen molar-refractivity contribution in [3.63, 3.8) is 0 Å². The van der Waals surface area contributed by atoms with Gasteiger partial charge in [0.15, 0.2) is 0 Å². The van der Waals surface area contributed by atoms with Crippen LogP contribution in [0.15, 0.2) is 42.5 Å². The first kappa shape index (κ1) is 15.3. The average Bonchev–Trinajstić information content (AvgIpc) is 2.45. The van der Waals surface area contributed by atoms with Gasteiger partial charge in [-0.25, -0.2) is 4.39 Å². The van der Waals surface area contributed by atoms with Crippen molar-refractivity contribution < 1.29 is 14.2 Å². The summed E-state index contributed by atoms with van der Waals surface area (Å²) >= 11 is 2.03. The fraction of sp³-hybridized carbons (Fsp3) is 0.250. The standard InChI is InChI=1S/C16H16FIO2/c1-2-9-20-15-6-4-3-5-13(15)16(19)12-8-7-11(17)10-14(12)18/h3-8,10,16,19H,2,9H2,1H3. The van der Waals surface area contributed by atoms with Gasteiger partial charge >= 0.3 is 0 Å². The summed E-state index contributed by atoms with van der Waals surface area (Å²) in [6.45, 7) is 2.63. The Hall–Kier alpha value is -1.14. The van der Waals surface area contributed by atoms with Crippen LogP contribution in [0.3, 0.4) is 0 Å². The van der Waals surface area contributed by atoms with Gasteiger partial charge in [0, 0.05) is 9.13 Å². The molecule has 2 aromatic carbocycles. The van der Waals surface area contributed by atoms with Crippen LogP contribution in [0.25, 0.3) is 0 Å². The zero-order valence-corrected chi connectivity index (χ0v) is 13.3. The van der Waals surface area contributed by atoms with Crippen LogP contribution in [-0.4, -0.2) is 11.7 Å². The molecule has 0 heterocycles. The smallest absolute Gasteiger partial charge is 0.125 e. The van der Waals surface area contributed by atoms with E-state index in [1.165, 1.54) is 12.1 Å². The van der Waals surface area contributed by atoms with E-state index < -0.39 is 6.10 Å². The number of rotatable bonds is 5. The second-order valence-electron chi connectivity index (χ2n) is 4.45. The van der Waals surface area contributed by atoms with Crippen LogP contribution in [-0.2, 0) is 0 Å². The van der Waals surface area contributed by atoms with Crippen LogP contribution in [0.2, 0.25) is 0 Å². The number of halogens is 2. The molecule has 2 rings (SSSR count). The van der Waals surface area contributed by atoms with Crippen LogP contribution in [0, 0.1) is 9.39 Å². The summed E-state index contributed by atoms with van der Waals surface area (Å²) < 4.78 is 19.5. The Balaban J connectivity index is 2.35. The van der Waals surface area contributed by atoms with Crippen LogP contribution < -0.4 is 4.74 Å². The van der Waals surface area contributed by atoms with Gasteiger partial charge in [0.2, 0.25) is 0 Å². The Kier molecular flexibility index (Phi) is 5.37. The van der Waals surface area contributed by atoms with Crippen molar-refractivity contribution in [2.75, 3.05) is 6.61 Å². The van der Waals surface area contributed by atoms with E-state index >= 15 is 0 Å². The summed E-state index contributed by atoms with van der Waals surface area (Å²) in [5.74, 6) is 0.364. The summed E-state index contributed by atoms with van der Waals surface area (Å²) in [7, 11) is 0. The van der Waals surface area contributed by atoms with E-state index in [9.17, 15) is 9.50 Å². The summed E-state index contributed by atoms with van der Waals surface area (Å²) in [5.41, 5.74) is 1.38. The lowest BCUT2D eigenvalue weighted by Gasteiger charge is -2.17. The normalized spacial score (nSPS) is 12.2. The molecule has 0 saturated heterocycles. The number of benzene rings is 2. The van der Waals surface area contributed by atoms with E-state index in [0.717, 1.165) is 6.42 Å². The van der Waals surface area contributed by atoms with Gasteiger partial charge in [-0.2, -0.15) is 0 Å². The molecule has 0 aliphatic rings. The highest BCUT2D eigenvalue weighted by atomic mass is 127. The molecule has 106 valence electrons. The van der Waals surface area contributed by atoms with Gasteiger partial charge in [-0.3, -0.25) is 0 Å². The van der Waals surface area contributed by atoms with Crippen LogP contribution in [0.1, 0.15) is 30.6 Å². The molecule has 4 heteroatoms. The van der Waals surface area contributed by atoms with E-state index in [2.05, 4.69) is 0 Å². The van der Waals surface area contributed by atoms with Gasteiger partial charge in [0.25, 0.3) is 0 Å². The molecule has 0 aliphatic heterocycles. The Labute approximate surface area is 131 Å². The Morgan fingerprint density at radius 3 is 2.65 bits per heavy atom. The molecular weight excluding hydrogens is 370 g/mol. The van der Waals surface area contributed by atoms with E-state index in [1.807, 2.05) is 53.8 Å². The zero-order valence-electron chi connectivity index (χ0n) is 11.1. The van der Waals surface area contributed by atoms with Crippen molar-refractivity contribution in [1.82, 2.24) is 0 Å². The van der Waals surface area contributed by atoms with E-state index in [4.69, 9.17) is 4.74 Å². The van der Waals surface area contributed by atoms with Crippen molar-refractivity contribution >= 4 is 22.6 Å². The fourth-order valence-electron chi connectivity index (χ4n) is 1.94. The lowest BCUT2D eigenvalue weighted by molar-refractivity contribution is 0.209. The van der Waals surface area contributed by atoms with Gasteiger partial charge < -0.3 is 9.84 Å². The van der Waals surface area contributed by atoms with Gasteiger partial charge in [0.1, 0.15) is 17.7 Å². The quantitative estimate of drug-likeness (QED) is 0.777. The van der Waals surface area contributed by atoms with Crippen molar-refractivity contribution in [3.05, 3.63) is 63.0 Å². The third-order valence-electron chi connectivity index (χ3n) is 2.93. The summed E-state index contributed by atoms with van der Waals surface area (Å²) in [5, 5.41) is 10.5. The molecule has 0 radical (unpaired) electrons. The number of aliphatic hydroxyl groups excluding tert-OH is 1. The molecular formula is C16H16FIO2. The predicted octanol–water partition coefficient (Wildman–Crippen LogP) is 4.30. The summed E-state index contributed by atoms with van der Waals surface area (Å²) in [6, 6.07) is 11.8. The van der Waals surface area contributed by atoms with Crippen LogP contribution in [0.5, 0.6) is 5.75 Å². The number of hydrogen-bond acceptors (Lipinski definition) is 2. The largest absolute Gasteiger partial charge is 0.493 e. The first-order chi connectivity index (χ1) is 9.63. The number of para-hydroxylation sites is 1. The van der Waals surface area contributed by atoms with Crippen molar-refractivity contribution in [2.45, 2.75) is 19.4 Å². The highest BCUT2D eigenvalue weighted by Gasteiger charge is 2.18. The average molecular weight is 386 g/mol. The minimum Gasteiger partial charge on any atom is -0.493 e. The van der Waals surface area contributed by atoms with E-state index in [-0.39, 0.29) is 5.82 Å². The van der Waals surface area contributed by atoms with Crippen LogP contribution in [0.4, 0.5) is 4.39 Å². The lowest BCUT2D eigenvalue weighted by atomic mass is 10.0. The maximum absolute atomic E-state index is 13.1. The minimum atomic E-state index is -0.824. The van der Waals surface area contributed by atoms with Gasteiger partial charge in [-0.15, -0.1) is 0 Å². The Morgan fingerprint density at radius 2 is 1.95 bits per heavy atom. The number of aliphatic hydroxyl groups is 1. The molecule has 2 aromatic rings. The molecule has 0 bridgehead atoms. The van der Waals surface area contributed by atoms with E-state index in [1.54, 1.807) is 6.07 Å². The Bertz CT molecular complexity index is 586. The van der Waals surface area contributed by atoms with Gasteiger partial charge in [-0.05, 0) is 52.8 Å². The maximum Gasteiger partial charge on any atom is 0.125 e. The summed E-state index contributed by atoms with van der Waals surface area (Å²) in [4.78, 5) is 0. The third kappa shape index (κ3) is 3.49. The molecule has 1 atom stereocenters. The van der Waals surface area contributed by atoms with Crippen molar-refractivity contribution in [2.24, 2.45) is 0 Å². The van der Waals surface area contributed by atoms with Gasteiger partial charge in [-0.1, -0.05) is 31.2 Å².